The van der Waals surface area contributed by atoms with Crippen molar-refractivity contribution in [1.82, 2.24) is 15.0 Å². The summed E-state index contributed by atoms with van der Waals surface area (Å²) in [7, 11) is 0. The van der Waals surface area contributed by atoms with Crippen LogP contribution >= 0.6 is 0 Å². The second-order valence-corrected chi connectivity index (χ2v) is 5.38. The van der Waals surface area contributed by atoms with Crippen molar-refractivity contribution in [3.63, 3.8) is 0 Å². The molecule has 0 spiro atoms. The van der Waals surface area contributed by atoms with Crippen molar-refractivity contribution in [1.29, 1.82) is 0 Å². The Balaban J connectivity index is 2.00. The normalized spacial score (nSPS) is 10.9. The molecule has 0 amide bonds. The van der Waals surface area contributed by atoms with Crippen LogP contribution in [0.1, 0.15) is 70.4 Å². The molecule has 0 aromatic carbocycles. The fraction of sp³-hybridized carbons (Fsp3) is 0.800. The lowest BCUT2D eigenvalue weighted by atomic mass is 10.1. The number of ketones is 1. The van der Waals surface area contributed by atoms with Crippen LogP contribution < -0.4 is 5.73 Å². The standard InChI is InChI=1S/C15H28N4O/c1-2-3-4-5-6-7-8-9-10-15(20)13-19-12-14(11-16)17-18-19/h12H,2-11,13,16H2,1H3. The van der Waals surface area contributed by atoms with E-state index < -0.39 is 0 Å². The van der Waals surface area contributed by atoms with Gasteiger partial charge in [0, 0.05) is 13.0 Å². The molecule has 0 radical (unpaired) electrons. The molecule has 1 rings (SSSR count). The van der Waals surface area contributed by atoms with E-state index in [4.69, 9.17) is 5.73 Å². The van der Waals surface area contributed by atoms with Crippen LogP contribution in [0.5, 0.6) is 0 Å². The number of rotatable bonds is 12. The Hall–Kier alpha value is -1.23. The Kier molecular flexibility index (Phi) is 8.87. The average Bonchev–Trinajstić information content (AvgIpc) is 2.89. The molecule has 1 aromatic heterocycles. The quantitative estimate of drug-likeness (QED) is 0.597. The van der Waals surface area contributed by atoms with Crippen LogP contribution in [0, 0.1) is 0 Å². The number of carbonyl (C=O) groups is 1. The number of hydrogen-bond acceptors (Lipinski definition) is 4. The molecule has 0 bridgehead atoms. The van der Waals surface area contributed by atoms with E-state index in [0.29, 0.717) is 19.5 Å². The molecular formula is C15H28N4O. The summed E-state index contributed by atoms with van der Waals surface area (Å²) in [5, 5.41) is 7.75. The number of Topliss-reactive ketones (excluding diaryl/α,β-unsaturated/α-hetero) is 1. The monoisotopic (exact) mass is 280 g/mol. The molecule has 1 heterocycles. The van der Waals surface area contributed by atoms with Gasteiger partial charge in [0.2, 0.25) is 0 Å². The SMILES string of the molecule is CCCCCCCCCCC(=O)Cn1cc(CN)nn1. The number of aromatic nitrogens is 3. The Bertz CT molecular complexity index is 376. The van der Waals surface area contributed by atoms with E-state index >= 15 is 0 Å². The van der Waals surface area contributed by atoms with Gasteiger partial charge in [0.1, 0.15) is 6.54 Å². The van der Waals surface area contributed by atoms with Crippen LogP contribution in [0.15, 0.2) is 6.20 Å². The molecule has 0 saturated carbocycles. The molecular weight excluding hydrogens is 252 g/mol. The van der Waals surface area contributed by atoms with E-state index in [-0.39, 0.29) is 5.78 Å². The Morgan fingerprint density at radius 1 is 1.15 bits per heavy atom. The lowest BCUT2D eigenvalue weighted by Crippen LogP contribution is -2.10. The maximum absolute atomic E-state index is 11.8. The van der Waals surface area contributed by atoms with Gasteiger partial charge in [-0.2, -0.15) is 0 Å². The fourth-order valence-electron chi connectivity index (χ4n) is 2.23. The summed E-state index contributed by atoms with van der Waals surface area (Å²) in [6.07, 6.45) is 12.4. The second kappa shape index (κ2) is 10.5. The van der Waals surface area contributed by atoms with Gasteiger partial charge < -0.3 is 5.73 Å². The first-order valence-corrected chi connectivity index (χ1v) is 7.87. The first kappa shape index (κ1) is 16.8. The molecule has 0 saturated heterocycles. The summed E-state index contributed by atoms with van der Waals surface area (Å²) in [6.45, 7) is 2.92. The smallest absolute Gasteiger partial charge is 0.154 e. The van der Waals surface area contributed by atoms with Crippen molar-refractivity contribution in [3.8, 4) is 0 Å². The number of nitrogens with two attached hydrogens (primary N) is 1. The number of carbonyl (C=O) groups excluding carboxylic acids is 1. The molecule has 5 nitrogen and oxygen atoms in total. The van der Waals surface area contributed by atoms with Gasteiger partial charge in [-0.05, 0) is 6.42 Å². The number of hydrogen-bond donors (Lipinski definition) is 1. The van der Waals surface area contributed by atoms with Crippen LogP contribution in [0.2, 0.25) is 0 Å². The van der Waals surface area contributed by atoms with Gasteiger partial charge in [0.15, 0.2) is 5.78 Å². The molecule has 114 valence electrons. The van der Waals surface area contributed by atoms with Crippen molar-refractivity contribution < 1.29 is 4.79 Å². The molecule has 1 aromatic rings. The minimum atomic E-state index is 0.226. The fourth-order valence-corrected chi connectivity index (χ4v) is 2.23. The van der Waals surface area contributed by atoms with Gasteiger partial charge in [-0.3, -0.25) is 4.79 Å². The third kappa shape index (κ3) is 7.38. The second-order valence-electron chi connectivity index (χ2n) is 5.38. The lowest BCUT2D eigenvalue weighted by Gasteiger charge is -2.02. The maximum atomic E-state index is 11.8. The minimum Gasteiger partial charge on any atom is -0.325 e. The van der Waals surface area contributed by atoms with E-state index in [1.54, 1.807) is 10.9 Å². The first-order valence-electron chi connectivity index (χ1n) is 7.87. The van der Waals surface area contributed by atoms with Crippen molar-refractivity contribution in [2.45, 2.75) is 77.8 Å². The Morgan fingerprint density at radius 2 is 1.80 bits per heavy atom. The zero-order valence-electron chi connectivity index (χ0n) is 12.7. The summed E-state index contributed by atoms with van der Waals surface area (Å²) >= 11 is 0. The van der Waals surface area contributed by atoms with Crippen LogP contribution in [-0.2, 0) is 17.9 Å². The van der Waals surface area contributed by atoms with Gasteiger partial charge in [0.25, 0.3) is 0 Å². The predicted molar refractivity (Wildman–Crippen MR) is 80.1 cm³/mol. The zero-order chi connectivity index (χ0) is 14.6. The molecule has 2 N–H and O–H groups in total. The molecule has 0 atom stereocenters. The average molecular weight is 280 g/mol. The topological polar surface area (TPSA) is 73.8 Å². The van der Waals surface area contributed by atoms with E-state index in [1.807, 2.05) is 0 Å². The van der Waals surface area contributed by atoms with Crippen molar-refractivity contribution >= 4 is 5.78 Å². The molecule has 5 heteroatoms. The summed E-state index contributed by atoms with van der Waals surface area (Å²) in [5.74, 6) is 0.226. The van der Waals surface area contributed by atoms with E-state index in [0.717, 1.165) is 18.5 Å². The maximum Gasteiger partial charge on any atom is 0.154 e. The van der Waals surface area contributed by atoms with Gasteiger partial charge in [0.05, 0.1) is 11.9 Å². The van der Waals surface area contributed by atoms with Crippen molar-refractivity contribution in [3.05, 3.63) is 11.9 Å². The van der Waals surface area contributed by atoms with Crippen LogP contribution in [0.4, 0.5) is 0 Å². The highest BCUT2D eigenvalue weighted by atomic mass is 16.1. The summed E-state index contributed by atoms with van der Waals surface area (Å²) in [5.41, 5.74) is 6.18. The third-order valence-electron chi connectivity index (χ3n) is 3.44. The highest BCUT2D eigenvalue weighted by Gasteiger charge is 2.05. The van der Waals surface area contributed by atoms with Gasteiger partial charge >= 0.3 is 0 Å². The molecule has 0 fully saturated rings. The van der Waals surface area contributed by atoms with E-state index in [9.17, 15) is 4.79 Å². The van der Waals surface area contributed by atoms with Crippen molar-refractivity contribution in [2.75, 3.05) is 0 Å². The molecule has 0 aliphatic carbocycles. The first-order chi connectivity index (χ1) is 9.76. The van der Waals surface area contributed by atoms with Crippen LogP contribution in [0.3, 0.4) is 0 Å². The van der Waals surface area contributed by atoms with Gasteiger partial charge in [-0.15, -0.1) is 5.10 Å². The molecule has 0 unspecified atom stereocenters. The van der Waals surface area contributed by atoms with E-state index in [2.05, 4.69) is 17.2 Å². The predicted octanol–water partition coefficient (Wildman–Crippen LogP) is 2.84. The molecule has 0 aliphatic heterocycles. The Labute approximate surface area is 121 Å². The highest BCUT2D eigenvalue weighted by Crippen LogP contribution is 2.10. The summed E-state index contributed by atoms with van der Waals surface area (Å²) in [6, 6.07) is 0. The number of unbranched alkanes of at least 4 members (excludes halogenated alkanes) is 7. The molecule has 20 heavy (non-hydrogen) atoms. The van der Waals surface area contributed by atoms with Crippen LogP contribution in [0.25, 0.3) is 0 Å². The Morgan fingerprint density at radius 3 is 2.40 bits per heavy atom. The minimum absolute atomic E-state index is 0.226. The van der Waals surface area contributed by atoms with Gasteiger partial charge in [-0.1, -0.05) is 57.1 Å². The van der Waals surface area contributed by atoms with E-state index in [1.165, 1.54) is 38.5 Å². The largest absolute Gasteiger partial charge is 0.325 e. The number of nitrogens with zero attached hydrogens (tertiary/aromatic N) is 3. The van der Waals surface area contributed by atoms with Gasteiger partial charge in [-0.25, -0.2) is 4.68 Å². The van der Waals surface area contributed by atoms with Crippen molar-refractivity contribution in [2.24, 2.45) is 5.73 Å². The zero-order valence-corrected chi connectivity index (χ0v) is 12.7. The van der Waals surface area contributed by atoms with Crippen LogP contribution in [-0.4, -0.2) is 20.8 Å². The molecule has 0 aliphatic rings. The summed E-state index contributed by atoms with van der Waals surface area (Å²) < 4.78 is 1.58. The summed E-state index contributed by atoms with van der Waals surface area (Å²) in [4.78, 5) is 11.8. The third-order valence-corrected chi connectivity index (χ3v) is 3.44. The highest BCUT2D eigenvalue weighted by molar-refractivity contribution is 5.77. The lowest BCUT2D eigenvalue weighted by molar-refractivity contribution is -0.119.